The first-order valence-electron chi connectivity index (χ1n) is 7.70. The summed E-state index contributed by atoms with van der Waals surface area (Å²) in [4.78, 5) is 13.0. The minimum atomic E-state index is -0.568. The van der Waals surface area contributed by atoms with Gasteiger partial charge >= 0.3 is 6.09 Å². The number of ether oxygens (including phenoxy) is 2. The molecule has 1 amide bonds. The van der Waals surface area contributed by atoms with E-state index in [4.69, 9.17) is 14.7 Å². The third-order valence-corrected chi connectivity index (χ3v) is 4.02. The van der Waals surface area contributed by atoms with E-state index in [1.165, 1.54) is 18.4 Å². The van der Waals surface area contributed by atoms with Gasteiger partial charge in [0.25, 0.3) is 0 Å². The molecule has 1 heterocycles. The third kappa shape index (κ3) is 5.69. The van der Waals surface area contributed by atoms with Crippen molar-refractivity contribution in [3.63, 3.8) is 0 Å². The largest absolute Gasteiger partial charge is 0.494 e. The summed E-state index contributed by atoms with van der Waals surface area (Å²) in [5.41, 5.74) is 1.47. The number of nitrogens with zero attached hydrogens (tertiary/aromatic N) is 1. The Bertz CT molecular complexity index is 788. The predicted octanol–water partition coefficient (Wildman–Crippen LogP) is 4.59. The van der Waals surface area contributed by atoms with Crippen LogP contribution in [0.4, 0.5) is 16.2 Å². The van der Waals surface area contributed by atoms with Crippen LogP contribution in [-0.4, -0.2) is 18.8 Å². The molecule has 0 spiro atoms. The minimum Gasteiger partial charge on any atom is -0.494 e. The van der Waals surface area contributed by atoms with Crippen molar-refractivity contribution in [3.8, 4) is 11.8 Å². The van der Waals surface area contributed by atoms with Crippen LogP contribution in [0.5, 0.6) is 5.75 Å². The Hall–Kier alpha value is -2.72. The Balaban J connectivity index is 2.03. The maximum absolute atomic E-state index is 11.9. The van der Waals surface area contributed by atoms with Gasteiger partial charge in [-0.2, -0.15) is 5.26 Å². The second kappa shape index (κ2) is 7.90. The van der Waals surface area contributed by atoms with Crippen molar-refractivity contribution in [2.75, 3.05) is 17.7 Å². The molecule has 2 N–H and O–H groups in total. The smallest absolute Gasteiger partial charge is 0.412 e. The number of benzene rings is 1. The number of thiophene rings is 1. The number of methoxy groups -OCH3 is 1. The van der Waals surface area contributed by atoms with Crippen molar-refractivity contribution in [1.82, 2.24) is 0 Å². The highest BCUT2D eigenvalue weighted by Crippen LogP contribution is 2.29. The molecule has 1 aromatic carbocycles. The Morgan fingerprint density at radius 2 is 2.08 bits per heavy atom. The molecule has 7 heteroatoms. The summed E-state index contributed by atoms with van der Waals surface area (Å²) < 4.78 is 10.6. The lowest BCUT2D eigenvalue weighted by atomic mass is 10.2. The summed E-state index contributed by atoms with van der Waals surface area (Å²) in [5, 5.41) is 16.6. The number of rotatable bonds is 5. The predicted molar refractivity (Wildman–Crippen MR) is 99.2 cm³/mol. The van der Waals surface area contributed by atoms with Gasteiger partial charge in [-0.1, -0.05) is 0 Å². The molecule has 2 rings (SSSR count). The van der Waals surface area contributed by atoms with Crippen LogP contribution < -0.4 is 15.4 Å². The first-order valence-corrected chi connectivity index (χ1v) is 8.58. The van der Waals surface area contributed by atoms with Gasteiger partial charge in [0.05, 0.1) is 18.4 Å². The monoisotopic (exact) mass is 359 g/mol. The molecule has 25 heavy (non-hydrogen) atoms. The second-order valence-corrected chi connectivity index (χ2v) is 7.30. The van der Waals surface area contributed by atoms with Gasteiger partial charge in [-0.05, 0) is 39.0 Å². The summed E-state index contributed by atoms with van der Waals surface area (Å²) in [6.07, 6.45) is -0.533. The van der Waals surface area contributed by atoms with E-state index < -0.39 is 11.7 Å². The van der Waals surface area contributed by atoms with Gasteiger partial charge in [-0.25, -0.2) is 4.79 Å². The topological polar surface area (TPSA) is 83.4 Å². The van der Waals surface area contributed by atoms with Crippen LogP contribution in [0.1, 0.15) is 31.2 Å². The van der Waals surface area contributed by atoms with E-state index in [-0.39, 0.29) is 0 Å². The summed E-state index contributed by atoms with van der Waals surface area (Å²) in [6.45, 7) is 6.02. The number of hydrogen-bond acceptors (Lipinski definition) is 6. The molecule has 0 saturated heterocycles. The van der Waals surface area contributed by atoms with Gasteiger partial charge < -0.3 is 14.8 Å². The maximum Gasteiger partial charge on any atom is 0.412 e. The number of anilines is 2. The van der Waals surface area contributed by atoms with Crippen molar-refractivity contribution >= 4 is 28.8 Å². The van der Waals surface area contributed by atoms with E-state index in [1.807, 2.05) is 17.5 Å². The fourth-order valence-corrected chi connectivity index (χ4v) is 2.79. The Morgan fingerprint density at radius 3 is 2.68 bits per heavy atom. The summed E-state index contributed by atoms with van der Waals surface area (Å²) in [6, 6.07) is 9.36. The number of carbonyl (C=O) groups excluding carboxylic acids is 1. The first kappa shape index (κ1) is 18.6. The molecule has 0 aliphatic rings. The Labute approximate surface area is 151 Å². The summed E-state index contributed by atoms with van der Waals surface area (Å²) >= 11 is 1.53. The van der Waals surface area contributed by atoms with Crippen LogP contribution in [0, 0.1) is 11.3 Å². The highest BCUT2D eigenvalue weighted by atomic mass is 32.1. The fraction of sp³-hybridized carbons (Fsp3) is 0.333. The Kier molecular flexibility index (Phi) is 5.88. The number of carbonyl (C=O) groups is 1. The molecular formula is C18H21N3O3S. The first-order chi connectivity index (χ1) is 11.8. The molecule has 0 radical (unpaired) electrons. The summed E-state index contributed by atoms with van der Waals surface area (Å²) in [7, 11) is 1.54. The molecule has 2 aromatic rings. The number of hydrogen-bond donors (Lipinski definition) is 2. The zero-order valence-electron chi connectivity index (χ0n) is 14.7. The molecule has 0 fully saturated rings. The van der Waals surface area contributed by atoms with Crippen LogP contribution in [-0.2, 0) is 11.3 Å². The number of nitrogens with one attached hydrogen (secondary N) is 2. The van der Waals surface area contributed by atoms with E-state index >= 15 is 0 Å². The standard InChI is InChI=1S/C18H21N3O3S/c1-18(2,3)24-17(22)21-15-6-5-13(8-16(15)23-4)20-10-14-7-12(9-19)11-25-14/h5-8,11,20H,10H2,1-4H3,(H,21,22). The average Bonchev–Trinajstić information content (AvgIpc) is 3.00. The normalized spacial score (nSPS) is 10.7. The molecule has 0 unspecified atom stereocenters. The van der Waals surface area contributed by atoms with Gasteiger partial charge in [0.15, 0.2) is 0 Å². The van der Waals surface area contributed by atoms with Crippen LogP contribution in [0.15, 0.2) is 29.6 Å². The average molecular weight is 359 g/mol. The Morgan fingerprint density at radius 1 is 1.32 bits per heavy atom. The molecule has 0 bridgehead atoms. The van der Waals surface area contributed by atoms with Crippen molar-refractivity contribution in [3.05, 3.63) is 40.1 Å². The van der Waals surface area contributed by atoms with E-state index in [9.17, 15) is 4.79 Å². The van der Waals surface area contributed by atoms with Gasteiger partial charge in [0, 0.05) is 28.6 Å². The van der Waals surface area contributed by atoms with Crippen molar-refractivity contribution < 1.29 is 14.3 Å². The lowest BCUT2D eigenvalue weighted by Crippen LogP contribution is -2.27. The third-order valence-electron chi connectivity index (χ3n) is 3.09. The van der Waals surface area contributed by atoms with E-state index in [2.05, 4.69) is 16.7 Å². The van der Waals surface area contributed by atoms with Gasteiger partial charge in [-0.15, -0.1) is 11.3 Å². The quantitative estimate of drug-likeness (QED) is 0.816. The molecule has 1 aromatic heterocycles. The zero-order chi connectivity index (χ0) is 18.4. The van der Waals surface area contributed by atoms with Crippen molar-refractivity contribution in [1.29, 1.82) is 5.26 Å². The summed E-state index contributed by atoms with van der Waals surface area (Å²) in [5.74, 6) is 0.528. The van der Waals surface area contributed by atoms with Crippen LogP contribution in [0.3, 0.4) is 0 Å². The van der Waals surface area contributed by atoms with Crippen molar-refractivity contribution in [2.24, 2.45) is 0 Å². The number of nitriles is 1. The van der Waals surface area contributed by atoms with Gasteiger partial charge in [-0.3, -0.25) is 5.32 Å². The highest BCUT2D eigenvalue weighted by molar-refractivity contribution is 7.10. The molecular weight excluding hydrogens is 338 g/mol. The molecule has 0 aliphatic heterocycles. The SMILES string of the molecule is COc1cc(NCc2cc(C#N)cs2)ccc1NC(=O)OC(C)(C)C. The molecule has 0 saturated carbocycles. The maximum atomic E-state index is 11.9. The van der Waals surface area contributed by atoms with Crippen molar-refractivity contribution in [2.45, 2.75) is 32.9 Å². The minimum absolute atomic E-state index is 0.528. The van der Waals surface area contributed by atoms with E-state index in [0.29, 0.717) is 23.5 Å². The lowest BCUT2D eigenvalue weighted by Gasteiger charge is -2.20. The molecule has 0 aliphatic carbocycles. The second-order valence-electron chi connectivity index (χ2n) is 6.31. The molecule has 6 nitrogen and oxygen atoms in total. The van der Waals surface area contributed by atoms with E-state index in [0.717, 1.165) is 10.6 Å². The van der Waals surface area contributed by atoms with Gasteiger partial charge in [0.1, 0.15) is 17.4 Å². The highest BCUT2D eigenvalue weighted by Gasteiger charge is 2.17. The lowest BCUT2D eigenvalue weighted by molar-refractivity contribution is 0.0635. The van der Waals surface area contributed by atoms with E-state index in [1.54, 1.807) is 32.9 Å². The van der Waals surface area contributed by atoms with Crippen LogP contribution >= 0.6 is 11.3 Å². The zero-order valence-corrected chi connectivity index (χ0v) is 15.5. The number of amides is 1. The molecule has 0 atom stereocenters. The van der Waals surface area contributed by atoms with Crippen LogP contribution in [0.2, 0.25) is 0 Å². The van der Waals surface area contributed by atoms with Gasteiger partial charge in [0.2, 0.25) is 0 Å². The van der Waals surface area contributed by atoms with Crippen LogP contribution in [0.25, 0.3) is 0 Å². The molecule has 132 valence electrons. The fourth-order valence-electron chi connectivity index (χ4n) is 2.04.